The number of hydrogen-bond donors (Lipinski definition) is 2. The fourth-order valence-corrected chi connectivity index (χ4v) is 1.06. The van der Waals surface area contributed by atoms with Crippen molar-refractivity contribution in [3.05, 3.63) is 30.1 Å². The number of alkyl carbamates (subject to hydrolysis) is 1. The van der Waals surface area contributed by atoms with Gasteiger partial charge in [-0.2, -0.15) is 0 Å². The first-order valence-electron chi connectivity index (χ1n) is 5.03. The van der Waals surface area contributed by atoms with Gasteiger partial charge in [-0.05, 0) is 26.3 Å². The van der Waals surface area contributed by atoms with E-state index in [0.29, 0.717) is 6.54 Å². The molecule has 1 aromatic heterocycles. The molecule has 0 aliphatic rings. The molecule has 2 N–H and O–H groups in total. The lowest BCUT2D eigenvalue weighted by atomic mass is 10.2. The molecule has 0 spiro atoms. The summed E-state index contributed by atoms with van der Waals surface area (Å²) in [5.74, 6) is 0. The topological polar surface area (TPSA) is 62.4 Å². The molecule has 0 atom stereocenters. The molecule has 1 heterocycles. The second kappa shape index (κ2) is 4.83. The predicted molar refractivity (Wildman–Crippen MR) is 56.9 cm³/mol. The Labute approximate surface area is 94.6 Å². The van der Waals surface area contributed by atoms with Crippen LogP contribution in [0, 0.1) is 0 Å². The van der Waals surface area contributed by atoms with Crippen molar-refractivity contribution < 1.29 is 19.5 Å². The van der Waals surface area contributed by atoms with Gasteiger partial charge in [-0.1, -0.05) is 0 Å². The number of rotatable bonds is 2. The van der Waals surface area contributed by atoms with E-state index < -0.39 is 11.7 Å². The summed E-state index contributed by atoms with van der Waals surface area (Å²) in [6.07, 6.45) is 2.53. The van der Waals surface area contributed by atoms with Gasteiger partial charge in [-0.15, -0.1) is 0 Å². The van der Waals surface area contributed by atoms with Crippen LogP contribution in [0.5, 0.6) is 0 Å². The van der Waals surface area contributed by atoms with Crippen molar-refractivity contribution in [3.63, 3.8) is 0 Å². The molecule has 0 unspecified atom stereocenters. The van der Waals surface area contributed by atoms with E-state index in [1.54, 1.807) is 12.1 Å². The minimum absolute atomic E-state index is 0.371. The van der Waals surface area contributed by atoms with E-state index in [-0.39, 0.29) is 0 Å². The first-order chi connectivity index (χ1) is 7.37. The minimum Gasteiger partial charge on any atom is -0.444 e. The second-order valence-electron chi connectivity index (χ2n) is 4.44. The molecule has 5 heteroatoms. The van der Waals surface area contributed by atoms with Gasteiger partial charge in [0.25, 0.3) is 0 Å². The molecule has 1 aromatic rings. The van der Waals surface area contributed by atoms with Gasteiger partial charge in [0.15, 0.2) is 0 Å². The Balaban J connectivity index is 2.40. The van der Waals surface area contributed by atoms with Crippen LogP contribution in [-0.4, -0.2) is 16.9 Å². The summed E-state index contributed by atoms with van der Waals surface area (Å²) in [7, 11) is 0. The Kier molecular flexibility index (Phi) is 3.71. The number of carbonyl (C=O) groups excluding carboxylic acids is 1. The standard InChI is InChI=1S/C11H16N2O3/c1-11(2,3)16-10(14)12-8-9-4-6-13(15)7-5-9/h4-7H,8H2,1-3H3,(H-,12,14,15)/p+1. The summed E-state index contributed by atoms with van der Waals surface area (Å²) in [5.41, 5.74) is 0.394. The van der Waals surface area contributed by atoms with E-state index >= 15 is 0 Å². The lowest BCUT2D eigenvalue weighted by Gasteiger charge is -2.19. The van der Waals surface area contributed by atoms with Crippen LogP contribution in [0.25, 0.3) is 0 Å². The van der Waals surface area contributed by atoms with Gasteiger partial charge < -0.3 is 10.1 Å². The van der Waals surface area contributed by atoms with Crippen molar-refractivity contribution in [2.24, 2.45) is 0 Å². The minimum atomic E-state index is -0.491. The Morgan fingerprint density at radius 2 is 2.00 bits per heavy atom. The number of amides is 1. The first kappa shape index (κ1) is 12.3. The molecule has 0 aromatic carbocycles. The quantitative estimate of drug-likeness (QED) is 0.588. The van der Waals surface area contributed by atoms with Crippen molar-refractivity contribution in [2.45, 2.75) is 32.9 Å². The first-order valence-corrected chi connectivity index (χ1v) is 5.03. The van der Waals surface area contributed by atoms with Crippen molar-refractivity contribution in [3.8, 4) is 0 Å². The van der Waals surface area contributed by atoms with Crippen molar-refractivity contribution in [2.75, 3.05) is 0 Å². The van der Waals surface area contributed by atoms with Crippen LogP contribution in [0.2, 0.25) is 0 Å². The van der Waals surface area contributed by atoms with Gasteiger partial charge in [0, 0.05) is 23.4 Å². The van der Waals surface area contributed by atoms with Crippen LogP contribution in [-0.2, 0) is 11.3 Å². The van der Waals surface area contributed by atoms with Crippen LogP contribution in [0.1, 0.15) is 26.3 Å². The van der Waals surface area contributed by atoms with Crippen molar-refractivity contribution in [1.29, 1.82) is 0 Å². The molecule has 0 aliphatic heterocycles. The molecular formula is C11H17N2O3+. The molecule has 0 radical (unpaired) electrons. The van der Waals surface area contributed by atoms with Gasteiger partial charge in [0.2, 0.25) is 12.4 Å². The lowest BCUT2D eigenvalue weighted by Crippen LogP contribution is -2.32. The third kappa shape index (κ3) is 4.63. The molecule has 0 fully saturated rings. The SMILES string of the molecule is CC(C)(C)OC(=O)NCc1cc[n+](O)cc1. The zero-order valence-corrected chi connectivity index (χ0v) is 9.73. The number of aromatic nitrogens is 1. The lowest BCUT2D eigenvalue weighted by molar-refractivity contribution is -0.904. The predicted octanol–water partition coefficient (Wildman–Crippen LogP) is 1.24. The fraction of sp³-hybridized carbons (Fsp3) is 0.455. The number of carbonyl (C=O) groups is 1. The van der Waals surface area contributed by atoms with E-state index in [0.717, 1.165) is 10.3 Å². The number of pyridine rings is 1. The van der Waals surface area contributed by atoms with E-state index in [9.17, 15) is 4.79 Å². The molecule has 0 bridgehead atoms. The van der Waals surface area contributed by atoms with Gasteiger partial charge >= 0.3 is 6.09 Å². The maximum atomic E-state index is 11.3. The number of nitrogens with zero attached hydrogens (tertiary/aromatic N) is 1. The summed E-state index contributed by atoms with van der Waals surface area (Å²) in [6, 6.07) is 3.41. The Morgan fingerprint density at radius 1 is 1.44 bits per heavy atom. The van der Waals surface area contributed by atoms with Gasteiger partial charge in [-0.3, -0.25) is 5.21 Å². The highest BCUT2D eigenvalue weighted by molar-refractivity contribution is 5.67. The molecule has 16 heavy (non-hydrogen) atoms. The monoisotopic (exact) mass is 225 g/mol. The zero-order valence-electron chi connectivity index (χ0n) is 9.73. The van der Waals surface area contributed by atoms with E-state index in [4.69, 9.17) is 9.94 Å². The summed E-state index contributed by atoms with van der Waals surface area (Å²) in [4.78, 5) is 11.3. The van der Waals surface area contributed by atoms with Crippen LogP contribution < -0.4 is 10.0 Å². The van der Waals surface area contributed by atoms with E-state index in [1.807, 2.05) is 20.8 Å². The molecule has 0 saturated carbocycles. The molecule has 88 valence electrons. The van der Waals surface area contributed by atoms with Crippen LogP contribution in [0.15, 0.2) is 24.5 Å². The molecule has 0 saturated heterocycles. The third-order valence-electron chi connectivity index (χ3n) is 1.72. The second-order valence-corrected chi connectivity index (χ2v) is 4.44. The van der Waals surface area contributed by atoms with Crippen molar-refractivity contribution >= 4 is 6.09 Å². The smallest absolute Gasteiger partial charge is 0.407 e. The van der Waals surface area contributed by atoms with Crippen molar-refractivity contribution in [1.82, 2.24) is 5.32 Å². The average molecular weight is 225 g/mol. The fourth-order valence-electron chi connectivity index (χ4n) is 1.06. The largest absolute Gasteiger partial charge is 0.444 e. The molecule has 1 amide bonds. The van der Waals surface area contributed by atoms with Gasteiger partial charge in [0.1, 0.15) is 5.60 Å². The highest BCUT2D eigenvalue weighted by atomic mass is 16.6. The maximum Gasteiger partial charge on any atom is 0.407 e. The molecule has 1 rings (SSSR count). The summed E-state index contributed by atoms with van der Waals surface area (Å²) >= 11 is 0. The Hall–Kier alpha value is -1.78. The summed E-state index contributed by atoms with van der Waals surface area (Å²) in [6.45, 7) is 5.80. The highest BCUT2D eigenvalue weighted by Crippen LogP contribution is 2.06. The number of ether oxygens (including phenoxy) is 1. The highest BCUT2D eigenvalue weighted by Gasteiger charge is 2.15. The summed E-state index contributed by atoms with van der Waals surface area (Å²) < 4.78 is 6.02. The normalized spacial score (nSPS) is 10.9. The van der Waals surface area contributed by atoms with Gasteiger partial charge in [-0.25, -0.2) is 4.79 Å². The molecule has 5 nitrogen and oxygen atoms in total. The Bertz CT molecular complexity index is 354. The van der Waals surface area contributed by atoms with E-state index in [2.05, 4.69) is 5.32 Å². The third-order valence-corrected chi connectivity index (χ3v) is 1.72. The van der Waals surface area contributed by atoms with Gasteiger partial charge in [0.05, 0.1) is 0 Å². The molecular weight excluding hydrogens is 208 g/mol. The number of hydrogen-bond acceptors (Lipinski definition) is 3. The Morgan fingerprint density at radius 3 is 2.50 bits per heavy atom. The van der Waals surface area contributed by atoms with Crippen LogP contribution in [0.4, 0.5) is 4.79 Å². The summed E-state index contributed by atoms with van der Waals surface area (Å²) in [5, 5.41) is 11.6. The van der Waals surface area contributed by atoms with Crippen LogP contribution in [0.3, 0.4) is 0 Å². The average Bonchev–Trinajstić information content (AvgIpc) is 2.14. The van der Waals surface area contributed by atoms with Crippen LogP contribution >= 0.6 is 0 Å². The van der Waals surface area contributed by atoms with E-state index in [1.165, 1.54) is 12.4 Å². The number of nitrogens with one attached hydrogen (secondary N) is 1. The maximum absolute atomic E-state index is 11.3. The molecule has 0 aliphatic carbocycles. The zero-order chi connectivity index (χ0) is 12.2.